The van der Waals surface area contributed by atoms with E-state index in [0.717, 1.165) is 31.2 Å². The molecule has 272 valence electrons. The second-order valence-electron chi connectivity index (χ2n) is 13.3. The summed E-state index contributed by atoms with van der Waals surface area (Å²) in [4.78, 5) is 49.6. The highest BCUT2D eigenvalue weighted by atomic mass is 19.4. The topological polar surface area (TPSA) is 129 Å². The molecule has 3 amide bonds. The fourth-order valence-corrected chi connectivity index (χ4v) is 7.10. The molecule has 0 aromatic heterocycles. The number of aliphatic imine (C=N–C) groups is 1. The Morgan fingerprint density at radius 1 is 1.06 bits per heavy atom. The Hall–Kier alpha value is -5.27. The SMILES string of the molecule is C=C(CN1CC2CC1CO2)C(=O)NCc1cccc([C@H]2/C(=C(\C)N)C(=Nc3ccccc3)N(CC)C(=O)[C@@H]2NC(=O)c2cccc(C(F)(F)F)c2)c1. The number of benzene rings is 3. The summed E-state index contributed by atoms with van der Waals surface area (Å²) in [5.74, 6) is -2.26. The average Bonchev–Trinajstić information content (AvgIpc) is 3.75. The van der Waals surface area contributed by atoms with E-state index in [4.69, 9.17) is 15.5 Å². The van der Waals surface area contributed by atoms with Gasteiger partial charge in [-0.3, -0.25) is 24.2 Å². The van der Waals surface area contributed by atoms with Crippen molar-refractivity contribution in [2.45, 2.75) is 57.1 Å². The van der Waals surface area contributed by atoms with Crippen molar-refractivity contribution in [2.75, 3.05) is 26.2 Å². The van der Waals surface area contributed by atoms with Gasteiger partial charge >= 0.3 is 6.18 Å². The summed E-state index contributed by atoms with van der Waals surface area (Å²) < 4.78 is 46.3. The van der Waals surface area contributed by atoms with Crippen LogP contribution in [0, 0.1) is 0 Å². The van der Waals surface area contributed by atoms with E-state index < -0.39 is 35.5 Å². The Labute approximate surface area is 300 Å². The van der Waals surface area contributed by atoms with Gasteiger partial charge in [-0.2, -0.15) is 13.2 Å². The molecular formula is C39H41F3N6O4. The normalized spacial score (nSPS) is 23.5. The van der Waals surface area contributed by atoms with Crippen LogP contribution in [-0.2, 0) is 27.0 Å². The molecule has 10 nitrogen and oxygen atoms in total. The molecule has 52 heavy (non-hydrogen) atoms. The van der Waals surface area contributed by atoms with E-state index in [2.05, 4.69) is 22.1 Å². The molecule has 2 unspecified atom stereocenters. The summed E-state index contributed by atoms with van der Waals surface area (Å²) in [6, 6.07) is 19.3. The van der Waals surface area contributed by atoms with Crippen molar-refractivity contribution in [1.29, 1.82) is 0 Å². The molecule has 3 aliphatic rings. The van der Waals surface area contributed by atoms with Gasteiger partial charge in [0.15, 0.2) is 0 Å². The first-order valence-corrected chi connectivity index (χ1v) is 17.1. The van der Waals surface area contributed by atoms with Crippen molar-refractivity contribution in [1.82, 2.24) is 20.4 Å². The largest absolute Gasteiger partial charge is 0.416 e. The third-order valence-corrected chi connectivity index (χ3v) is 9.64. The number of nitrogens with zero attached hydrogens (tertiary/aromatic N) is 3. The summed E-state index contributed by atoms with van der Waals surface area (Å²) >= 11 is 0. The number of nitrogens with two attached hydrogens (primary N) is 1. The average molecular weight is 715 g/mol. The number of piperidine rings is 1. The van der Waals surface area contributed by atoms with Crippen LogP contribution in [0.4, 0.5) is 18.9 Å². The van der Waals surface area contributed by atoms with Crippen LogP contribution in [0.3, 0.4) is 0 Å². The van der Waals surface area contributed by atoms with E-state index in [9.17, 15) is 27.6 Å². The number of amidine groups is 1. The zero-order chi connectivity index (χ0) is 37.2. The van der Waals surface area contributed by atoms with Crippen LogP contribution in [0.5, 0.6) is 0 Å². The Bertz CT molecular complexity index is 1920. The number of alkyl halides is 3. The third-order valence-electron chi connectivity index (χ3n) is 9.64. The van der Waals surface area contributed by atoms with Gasteiger partial charge in [0.05, 0.1) is 24.0 Å². The van der Waals surface area contributed by atoms with Gasteiger partial charge in [0.25, 0.3) is 11.8 Å². The first kappa shape index (κ1) is 36.5. The smallest absolute Gasteiger partial charge is 0.402 e. The first-order valence-electron chi connectivity index (χ1n) is 17.1. The standard InChI is InChI=1S/C39H41F3N6O4/c1-4-48-35(45-29-14-6-5-7-15-29)32(24(3)43)33(34(38(48)51)46-37(50)27-12-9-13-28(17-27)39(40,41)42)26-11-8-10-25(16-26)19-44-36(49)23(2)20-47-21-31-18-30(47)22-52-31/h5-17,30-31,33-34H,2,4,18-22,43H2,1,3H3,(H,44,49)(H,46,50)/b32-24-,45-35?/t30?,31?,33-,34+/m0/s1. The van der Waals surface area contributed by atoms with E-state index in [1.54, 1.807) is 38.1 Å². The first-order chi connectivity index (χ1) is 24.8. The predicted octanol–water partition coefficient (Wildman–Crippen LogP) is 5.06. The Morgan fingerprint density at radius 3 is 2.46 bits per heavy atom. The van der Waals surface area contributed by atoms with E-state index in [-0.39, 0.29) is 30.7 Å². The quantitative estimate of drug-likeness (QED) is 0.252. The highest BCUT2D eigenvalue weighted by Gasteiger charge is 2.46. The van der Waals surface area contributed by atoms with E-state index >= 15 is 0 Å². The third kappa shape index (κ3) is 7.80. The number of amides is 3. The molecule has 3 heterocycles. The van der Waals surface area contributed by atoms with Crippen LogP contribution in [0.2, 0.25) is 0 Å². The fourth-order valence-electron chi connectivity index (χ4n) is 7.10. The van der Waals surface area contributed by atoms with E-state index in [0.29, 0.717) is 58.7 Å². The number of hydrogen-bond donors (Lipinski definition) is 3. The van der Waals surface area contributed by atoms with Crippen molar-refractivity contribution < 1.29 is 32.3 Å². The minimum atomic E-state index is -4.67. The number of likely N-dealkylation sites (N-methyl/N-ethyl adjacent to an activating group) is 1. The summed E-state index contributed by atoms with van der Waals surface area (Å²) in [5.41, 5.74) is 8.42. The fraction of sp³-hybridized carbons (Fsp3) is 0.333. The maximum absolute atomic E-state index is 14.4. The molecule has 3 aromatic carbocycles. The van der Waals surface area contributed by atoms with Crippen LogP contribution >= 0.6 is 0 Å². The number of morpholine rings is 1. The van der Waals surface area contributed by atoms with Crippen molar-refractivity contribution >= 4 is 29.2 Å². The number of rotatable bonds is 10. The van der Waals surface area contributed by atoms with Crippen LogP contribution in [0.1, 0.15) is 53.2 Å². The van der Waals surface area contributed by atoms with Crippen molar-refractivity contribution in [3.63, 3.8) is 0 Å². The zero-order valence-corrected chi connectivity index (χ0v) is 29.0. The Morgan fingerprint density at radius 2 is 1.81 bits per heavy atom. The number of carbonyl (C=O) groups is 3. The van der Waals surface area contributed by atoms with Gasteiger partial charge in [-0.15, -0.1) is 0 Å². The maximum atomic E-state index is 14.4. The molecule has 13 heteroatoms. The summed E-state index contributed by atoms with van der Waals surface area (Å²) in [5, 5.41) is 5.67. The van der Waals surface area contributed by atoms with Gasteiger partial charge in [0.1, 0.15) is 11.9 Å². The number of nitrogens with one attached hydrogen (secondary N) is 2. The lowest BCUT2D eigenvalue weighted by atomic mass is 9.78. The molecule has 0 aliphatic carbocycles. The molecule has 0 saturated carbocycles. The van der Waals surface area contributed by atoms with Gasteiger partial charge in [-0.05, 0) is 61.7 Å². The number of likely N-dealkylation sites (tertiary alicyclic amines) is 2. The molecule has 2 bridgehead atoms. The minimum Gasteiger partial charge on any atom is -0.402 e. The molecule has 4 N–H and O–H groups in total. The van der Waals surface area contributed by atoms with Gasteiger partial charge in [-0.25, -0.2) is 4.99 Å². The summed E-state index contributed by atoms with van der Waals surface area (Å²) in [6.07, 6.45) is -3.51. The number of hydrogen-bond acceptors (Lipinski definition) is 7. The highest BCUT2D eigenvalue weighted by Crippen LogP contribution is 2.38. The lowest BCUT2D eigenvalue weighted by molar-refractivity contribution is -0.137. The monoisotopic (exact) mass is 714 g/mol. The number of halogens is 3. The van der Waals surface area contributed by atoms with Crippen LogP contribution in [0.15, 0.2) is 107 Å². The molecule has 3 saturated heterocycles. The second-order valence-corrected chi connectivity index (χ2v) is 13.3. The number of para-hydroxylation sites is 1. The molecule has 0 radical (unpaired) electrons. The van der Waals surface area contributed by atoms with E-state index in [1.807, 2.05) is 30.3 Å². The number of fused-ring (bicyclic) bond motifs is 2. The maximum Gasteiger partial charge on any atom is 0.416 e. The van der Waals surface area contributed by atoms with Crippen molar-refractivity contribution in [2.24, 2.45) is 10.7 Å². The van der Waals surface area contributed by atoms with Crippen LogP contribution in [0.25, 0.3) is 0 Å². The molecule has 3 aromatic rings. The van der Waals surface area contributed by atoms with Crippen molar-refractivity contribution in [3.05, 3.63) is 125 Å². The van der Waals surface area contributed by atoms with Crippen molar-refractivity contribution in [3.8, 4) is 0 Å². The number of carbonyl (C=O) groups excluding carboxylic acids is 3. The Balaban J connectivity index is 1.32. The number of ether oxygens (including phenoxy) is 1. The van der Waals surface area contributed by atoms with Gasteiger partial charge in [-0.1, -0.05) is 55.1 Å². The van der Waals surface area contributed by atoms with E-state index in [1.165, 1.54) is 11.0 Å². The molecule has 3 aliphatic heterocycles. The lowest BCUT2D eigenvalue weighted by Crippen LogP contribution is -2.59. The van der Waals surface area contributed by atoms with Crippen LogP contribution < -0.4 is 16.4 Å². The van der Waals surface area contributed by atoms with Gasteiger partial charge in [0, 0.05) is 60.5 Å². The second kappa shape index (κ2) is 15.1. The molecular weight excluding hydrogens is 673 g/mol. The van der Waals surface area contributed by atoms with Crippen LogP contribution in [-0.4, -0.2) is 77.8 Å². The minimum absolute atomic E-state index is 0.148. The highest BCUT2D eigenvalue weighted by molar-refractivity contribution is 6.15. The predicted molar refractivity (Wildman–Crippen MR) is 190 cm³/mol. The zero-order valence-electron chi connectivity index (χ0n) is 29.0. The molecule has 4 atom stereocenters. The molecule has 6 rings (SSSR count). The van der Waals surface area contributed by atoms with Gasteiger partial charge in [0.2, 0.25) is 5.91 Å². The number of allylic oxidation sites excluding steroid dienone is 1. The Kier molecular flexibility index (Phi) is 10.6. The summed E-state index contributed by atoms with van der Waals surface area (Å²) in [7, 11) is 0. The summed E-state index contributed by atoms with van der Waals surface area (Å²) in [6.45, 7) is 9.63. The lowest BCUT2D eigenvalue weighted by Gasteiger charge is -2.41. The van der Waals surface area contributed by atoms with Gasteiger partial charge < -0.3 is 21.1 Å². The molecule has 0 spiro atoms. The molecule has 3 fully saturated rings.